The first-order valence-electron chi connectivity index (χ1n) is 9.87. The Morgan fingerprint density at radius 3 is 2.38 bits per heavy atom. The first-order valence-corrected chi connectivity index (χ1v) is 9.87. The van der Waals surface area contributed by atoms with Crippen molar-refractivity contribution in [3.63, 3.8) is 0 Å². The summed E-state index contributed by atoms with van der Waals surface area (Å²) in [6, 6.07) is 6.20. The van der Waals surface area contributed by atoms with E-state index < -0.39 is 12.0 Å². The molecule has 154 valence electrons. The zero-order chi connectivity index (χ0) is 20.5. The van der Waals surface area contributed by atoms with Gasteiger partial charge in [0.15, 0.2) is 0 Å². The molecule has 2 fully saturated rings. The molecule has 2 heterocycles. The molecule has 0 radical (unpaired) electrons. The Morgan fingerprint density at radius 1 is 1.14 bits per heavy atom. The van der Waals surface area contributed by atoms with Crippen LogP contribution in [0.4, 0.5) is 4.79 Å². The molecule has 1 saturated carbocycles. The van der Waals surface area contributed by atoms with Crippen molar-refractivity contribution < 1.29 is 23.9 Å². The van der Waals surface area contributed by atoms with E-state index in [-0.39, 0.29) is 18.0 Å². The fourth-order valence-electron chi connectivity index (χ4n) is 3.92. The maximum atomic E-state index is 13.4. The number of hydrogen-bond donors (Lipinski definition) is 1. The van der Waals surface area contributed by atoms with Crippen LogP contribution in [-0.4, -0.2) is 67.2 Å². The zero-order valence-corrected chi connectivity index (χ0v) is 16.6. The summed E-state index contributed by atoms with van der Waals surface area (Å²) < 4.78 is 10.1. The maximum absolute atomic E-state index is 13.4. The lowest BCUT2D eigenvalue weighted by atomic mass is 9.93. The number of morpholine rings is 1. The standard InChI is InChI=1S/C21H25N3O5/c1-13-17(19(25)23-9-11-29-12-10-23)18(22-21(27)24(13)16-7-8-16)14-3-5-15(6-4-14)20(26)28-2/h3-6,16,18H,7-12H2,1-2H3,(H,22,27)/t18-/m0/s1. The highest BCUT2D eigenvalue weighted by Crippen LogP contribution is 2.38. The van der Waals surface area contributed by atoms with Gasteiger partial charge in [-0.2, -0.15) is 0 Å². The number of esters is 1. The average Bonchev–Trinajstić information content (AvgIpc) is 3.58. The first kappa shape index (κ1) is 19.4. The van der Waals surface area contributed by atoms with Gasteiger partial charge in [0.25, 0.3) is 5.91 Å². The van der Waals surface area contributed by atoms with Gasteiger partial charge in [0.05, 0.1) is 37.5 Å². The second-order valence-electron chi connectivity index (χ2n) is 7.50. The Labute approximate surface area is 169 Å². The third-order valence-electron chi connectivity index (χ3n) is 5.63. The fraction of sp³-hybridized carbons (Fsp3) is 0.476. The van der Waals surface area contributed by atoms with E-state index in [4.69, 9.17) is 9.47 Å². The molecule has 1 aliphatic carbocycles. The van der Waals surface area contributed by atoms with E-state index in [2.05, 4.69) is 5.32 Å². The SMILES string of the molecule is COC(=O)c1ccc([C@@H]2NC(=O)N(C3CC3)C(C)=C2C(=O)N2CCOCC2)cc1. The van der Waals surface area contributed by atoms with Gasteiger partial charge in [-0.1, -0.05) is 12.1 Å². The predicted molar refractivity (Wildman–Crippen MR) is 104 cm³/mol. The molecule has 3 amide bonds. The molecule has 0 unspecified atom stereocenters. The molecule has 29 heavy (non-hydrogen) atoms. The van der Waals surface area contributed by atoms with Crippen molar-refractivity contribution >= 4 is 17.9 Å². The summed E-state index contributed by atoms with van der Waals surface area (Å²) >= 11 is 0. The summed E-state index contributed by atoms with van der Waals surface area (Å²) in [5, 5.41) is 3.00. The second kappa shape index (κ2) is 7.87. The molecule has 4 rings (SSSR count). The minimum Gasteiger partial charge on any atom is -0.465 e. The fourth-order valence-corrected chi connectivity index (χ4v) is 3.92. The Balaban J connectivity index is 1.71. The number of nitrogens with one attached hydrogen (secondary N) is 1. The molecule has 1 saturated heterocycles. The number of amides is 3. The Hall–Kier alpha value is -2.87. The van der Waals surface area contributed by atoms with Crippen LogP contribution in [0.15, 0.2) is 35.5 Å². The quantitative estimate of drug-likeness (QED) is 0.781. The molecule has 1 aromatic carbocycles. The summed E-state index contributed by atoms with van der Waals surface area (Å²) in [7, 11) is 1.33. The summed E-state index contributed by atoms with van der Waals surface area (Å²) in [5.41, 5.74) is 2.44. The molecule has 2 aliphatic heterocycles. The van der Waals surface area contributed by atoms with Crippen LogP contribution in [0.25, 0.3) is 0 Å². The highest BCUT2D eigenvalue weighted by Gasteiger charge is 2.43. The molecule has 8 heteroatoms. The first-order chi connectivity index (χ1) is 14.0. The topological polar surface area (TPSA) is 88.2 Å². The highest BCUT2D eigenvalue weighted by atomic mass is 16.5. The Morgan fingerprint density at radius 2 is 1.79 bits per heavy atom. The molecule has 0 spiro atoms. The van der Waals surface area contributed by atoms with E-state index in [0.717, 1.165) is 18.4 Å². The lowest BCUT2D eigenvalue weighted by Crippen LogP contribution is -2.51. The van der Waals surface area contributed by atoms with E-state index >= 15 is 0 Å². The largest absolute Gasteiger partial charge is 0.465 e. The Kier molecular flexibility index (Phi) is 5.27. The van der Waals surface area contributed by atoms with Crippen LogP contribution in [0.1, 0.15) is 41.7 Å². The van der Waals surface area contributed by atoms with Crippen molar-refractivity contribution in [2.75, 3.05) is 33.4 Å². The van der Waals surface area contributed by atoms with E-state index in [1.165, 1.54) is 7.11 Å². The van der Waals surface area contributed by atoms with Crippen molar-refractivity contribution in [3.05, 3.63) is 46.7 Å². The monoisotopic (exact) mass is 399 g/mol. The van der Waals surface area contributed by atoms with Gasteiger partial charge in [-0.15, -0.1) is 0 Å². The van der Waals surface area contributed by atoms with Gasteiger partial charge in [-0.25, -0.2) is 9.59 Å². The van der Waals surface area contributed by atoms with Gasteiger partial charge < -0.3 is 19.7 Å². The second-order valence-corrected chi connectivity index (χ2v) is 7.50. The van der Waals surface area contributed by atoms with Crippen LogP contribution in [0, 0.1) is 0 Å². The van der Waals surface area contributed by atoms with Crippen molar-refractivity contribution in [3.8, 4) is 0 Å². The van der Waals surface area contributed by atoms with Crippen LogP contribution < -0.4 is 5.32 Å². The van der Waals surface area contributed by atoms with Crippen molar-refractivity contribution in [1.29, 1.82) is 0 Å². The minimum atomic E-state index is -0.570. The third kappa shape index (κ3) is 3.72. The molecule has 0 aromatic heterocycles. The van der Waals surface area contributed by atoms with Gasteiger partial charge >= 0.3 is 12.0 Å². The molecule has 1 atom stereocenters. The number of carbonyl (C=O) groups is 3. The van der Waals surface area contributed by atoms with Gasteiger partial charge in [-0.3, -0.25) is 9.69 Å². The molecule has 1 N–H and O–H groups in total. The molecular weight excluding hydrogens is 374 g/mol. The minimum absolute atomic E-state index is 0.0847. The van der Waals surface area contributed by atoms with Gasteiger partial charge in [0.1, 0.15) is 0 Å². The van der Waals surface area contributed by atoms with Crippen LogP contribution in [0.2, 0.25) is 0 Å². The van der Waals surface area contributed by atoms with Crippen LogP contribution in [0.5, 0.6) is 0 Å². The summed E-state index contributed by atoms with van der Waals surface area (Å²) in [4.78, 5) is 41.4. The molecular formula is C21H25N3O5. The highest BCUT2D eigenvalue weighted by molar-refractivity contribution is 5.99. The maximum Gasteiger partial charge on any atom is 0.337 e. The van der Waals surface area contributed by atoms with Crippen molar-refractivity contribution in [2.45, 2.75) is 31.8 Å². The van der Waals surface area contributed by atoms with E-state index in [1.807, 2.05) is 6.92 Å². The van der Waals surface area contributed by atoms with E-state index in [1.54, 1.807) is 34.1 Å². The summed E-state index contributed by atoms with van der Waals surface area (Å²) in [6.07, 6.45) is 1.89. The number of nitrogens with zero attached hydrogens (tertiary/aromatic N) is 2. The van der Waals surface area contributed by atoms with E-state index in [9.17, 15) is 14.4 Å². The molecule has 1 aromatic rings. The molecule has 3 aliphatic rings. The number of allylic oxidation sites excluding steroid dienone is 1. The van der Waals surface area contributed by atoms with Crippen LogP contribution in [-0.2, 0) is 14.3 Å². The number of carbonyl (C=O) groups excluding carboxylic acids is 3. The molecule has 0 bridgehead atoms. The van der Waals surface area contributed by atoms with Crippen LogP contribution >= 0.6 is 0 Å². The third-order valence-corrected chi connectivity index (χ3v) is 5.63. The summed E-state index contributed by atoms with van der Waals surface area (Å²) in [6.45, 7) is 3.92. The number of urea groups is 1. The zero-order valence-electron chi connectivity index (χ0n) is 16.6. The summed E-state index contributed by atoms with van der Waals surface area (Å²) in [5.74, 6) is -0.515. The van der Waals surface area contributed by atoms with Crippen LogP contribution in [0.3, 0.4) is 0 Å². The van der Waals surface area contributed by atoms with Gasteiger partial charge in [0, 0.05) is 24.8 Å². The number of ether oxygens (including phenoxy) is 2. The van der Waals surface area contributed by atoms with Gasteiger partial charge in [-0.05, 0) is 37.5 Å². The number of hydrogen-bond acceptors (Lipinski definition) is 5. The normalized spacial score (nSPS) is 22.4. The predicted octanol–water partition coefficient (Wildman–Crippen LogP) is 1.83. The molecule has 8 nitrogen and oxygen atoms in total. The van der Waals surface area contributed by atoms with E-state index in [0.29, 0.717) is 43.1 Å². The lowest BCUT2D eigenvalue weighted by Gasteiger charge is -2.38. The van der Waals surface area contributed by atoms with Crippen molar-refractivity contribution in [1.82, 2.24) is 15.1 Å². The lowest BCUT2D eigenvalue weighted by molar-refractivity contribution is -0.131. The Bertz CT molecular complexity index is 854. The average molecular weight is 399 g/mol. The smallest absolute Gasteiger partial charge is 0.337 e. The number of methoxy groups -OCH3 is 1. The van der Waals surface area contributed by atoms with Crippen molar-refractivity contribution in [2.24, 2.45) is 0 Å². The number of rotatable bonds is 4. The number of benzene rings is 1. The van der Waals surface area contributed by atoms with Gasteiger partial charge in [0.2, 0.25) is 0 Å².